The summed E-state index contributed by atoms with van der Waals surface area (Å²) >= 11 is 0. The lowest BCUT2D eigenvalue weighted by atomic mass is 10.0. The molecule has 3 rings (SSSR count). The summed E-state index contributed by atoms with van der Waals surface area (Å²) in [6.07, 6.45) is 1.14. The fraction of sp³-hybridized carbons (Fsp3) is 0.261. The first kappa shape index (κ1) is 25.8. The van der Waals surface area contributed by atoms with E-state index < -0.39 is 33.4 Å². The zero-order valence-corrected chi connectivity index (χ0v) is 19.8. The van der Waals surface area contributed by atoms with Crippen molar-refractivity contribution in [1.29, 1.82) is 5.26 Å². The normalized spacial score (nSPS) is 13.9. The molecule has 3 aromatic rings. The maximum absolute atomic E-state index is 13.2. The summed E-state index contributed by atoms with van der Waals surface area (Å²) in [6, 6.07) is 6.59. The van der Waals surface area contributed by atoms with E-state index in [2.05, 4.69) is 24.6 Å². The average molecular weight is 503 g/mol. The fourth-order valence-corrected chi connectivity index (χ4v) is 3.75. The first-order chi connectivity index (χ1) is 16.4. The number of benzene rings is 1. The molecule has 35 heavy (non-hydrogen) atoms. The number of pyridine rings is 1. The maximum atomic E-state index is 13.2. The van der Waals surface area contributed by atoms with E-state index in [1.54, 1.807) is 38.3 Å². The summed E-state index contributed by atoms with van der Waals surface area (Å²) in [7, 11) is -2.36. The standard InChI is InChI=1S/C23H21F3N6O2S/c1-4-35(3,34)32-18-5-6-19(30-13-18)21-20(28-7-8-29-21)14(2)31-22(33)16-9-15(12-27)10-17(11-16)23(24,25)26/h5-11,13-14H,4H2,1-3H3,(H,31,33)/t14-,35?/m0/s1. The summed E-state index contributed by atoms with van der Waals surface area (Å²) in [6.45, 7) is 3.37. The number of carbonyl (C=O) groups is 1. The van der Waals surface area contributed by atoms with Gasteiger partial charge in [0.2, 0.25) is 0 Å². The van der Waals surface area contributed by atoms with E-state index in [9.17, 15) is 22.2 Å². The van der Waals surface area contributed by atoms with Gasteiger partial charge in [0.1, 0.15) is 5.69 Å². The van der Waals surface area contributed by atoms with E-state index in [1.165, 1.54) is 18.6 Å². The number of amides is 1. The van der Waals surface area contributed by atoms with Gasteiger partial charge in [-0.25, -0.2) is 4.21 Å². The molecule has 0 spiro atoms. The highest BCUT2D eigenvalue weighted by molar-refractivity contribution is 7.93. The van der Waals surface area contributed by atoms with E-state index in [1.807, 2.05) is 0 Å². The van der Waals surface area contributed by atoms with Crippen molar-refractivity contribution in [3.05, 3.63) is 71.3 Å². The van der Waals surface area contributed by atoms with Crippen LogP contribution in [0, 0.1) is 11.3 Å². The van der Waals surface area contributed by atoms with Crippen LogP contribution in [0.25, 0.3) is 11.4 Å². The molecule has 8 nitrogen and oxygen atoms in total. The van der Waals surface area contributed by atoms with Gasteiger partial charge in [0.25, 0.3) is 5.91 Å². The third-order valence-electron chi connectivity index (χ3n) is 4.96. The number of carbonyl (C=O) groups excluding carboxylic acids is 1. The Labute approximate surface area is 200 Å². The summed E-state index contributed by atoms with van der Waals surface area (Å²) in [5, 5.41) is 11.7. The zero-order valence-electron chi connectivity index (χ0n) is 19.0. The summed E-state index contributed by atoms with van der Waals surface area (Å²) in [5.74, 6) is -0.418. The molecular weight excluding hydrogens is 481 g/mol. The molecule has 0 aliphatic carbocycles. The van der Waals surface area contributed by atoms with E-state index in [0.717, 1.165) is 6.07 Å². The molecule has 1 amide bonds. The topological polar surface area (TPSA) is 121 Å². The van der Waals surface area contributed by atoms with Crippen LogP contribution in [-0.2, 0) is 15.9 Å². The minimum Gasteiger partial charge on any atom is -0.344 e. The molecule has 1 aromatic carbocycles. The molecule has 2 atom stereocenters. The second kappa shape index (κ2) is 10.2. The van der Waals surface area contributed by atoms with Crippen LogP contribution in [0.3, 0.4) is 0 Å². The van der Waals surface area contributed by atoms with Crippen LogP contribution >= 0.6 is 0 Å². The molecule has 0 aliphatic heterocycles. The van der Waals surface area contributed by atoms with Gasteiger partial charge in [0.05, 0.1) is 46.5 Å². The lowest BCUT2D eigenvalue weighted by Crippen LogP contribution is -2.28. The summed E-state index contributed by atoms with van der Waals surface area (Å²) < 4.78 is 55.9. The quantitative estimate of drug-likeness (QED) is 0.523. The van der Waals surface area contributed by atoms with Crippen molar-refractivity contribution in [2.45, 2.75) is 26.1 Å². The molecule has 1 N–H and O–H groups in total. The number of hydrogen-bond acceptors (Lipinski definition) is 7. The molecule has 2 aromatic heterocycles. The minimum absolute atomic E-state index is 0.286. The molecule has 0 saturated heterocycles. The Kier molecular flexibility index (Phi) is 7.50. The zero-order chi connectivity index (χ0) is 25.8. The molecule has 0 bridgehead atoms. The minimum atomic E-state index is -4.71. The predicted octanol–water partition coefficient (Wildman–Crippen LogP) is 4.67. The van der Waals surface area contributed by atoms with Gasteiger partial charge in [0, 0.05) is 39.7 Å². The SMILES string of the molecule is CCS(C)(=O)=Nc1ccc(-c2nccnc2[C@H](C)NC(=O)c2cc(C#N)cc(C(F)(F)F)c2)nc1. The Hall–Kier alpha value is -3.85. The molecule has 1 unspecified atom stereocenters. The lowest BCUT2D eigenvalue weighted by molar-refractivity contribution is -0.137. The Bertz CT molecular complexity index is 1410. The van der Waals surface area contributed by atoms with Crippen LogP contribution in [-0.4, -0.2) is 37.1 Å². The monoisotopic (exact) mass is 502 g/mol. The average Bonchev–Trinajstić information content (AvgIpc) is 2.83. The van der Waals surface area contributed by atoms with Crippen molar-refractivity contribution >= 4 is 21.3 Å². The van der Waals surface area contributed by atoms with Gasteiger partial charge >= 0.3 is 6.18 Å². The van der Waals surface area contributed by atoms with Crippen LogP contribution in [0.5, 0.6) is 0 Å². The number of nitrogens with zero attached hydrogens (tertiary/aromatic N) is 5. The molecule has 0 radical (unpaired) electrons. The number of rotatable bonds is 6. The predicted molar refractivity (Wildman–Crippen MR) is 124 cm³/mol. The molecule has 2 heterocycles. The second-order valence-corrected chi connectivity index (χ2v) is 10.3. The number of alkyl halides is 3. The number of nitriles is 1. The Morgan fingerprint density at radius 2 is 1.91 bits per heavy atom. The first-order valence-electron chi connectivity index (χ1n) is 10.3. The number of halogens is 3. The van der Waals surface area contributed by atoms with Gasteiger partial charge in [-0.3, -0.25) is 19.7 Å². The van der Waals surface area contributed by atoms with Crippen molar-refractivity contribution < 1.29 is 22.2 Å². The Morgan fingerprint density at radius 3 is 2.51 bits per heavy atom. The van der Waals surface area contributed by atoms with Gasteiger partial charge < -0.3 is 5.32 Å². The molecule has 12 heteroatoms. The molecular formula is C23H21F3N6O2S. The van der Waals surface area contributed by atoms with E-state index >= 15 is 0 Å². The smallest absolute Gasteiger partial charge is 0.344 e. The van der Waals surface area contributed by atoms with Gasteiger partial charge in [0.15, 0.2) is 0 Å². The second-order valence-electron chi connectivity index (χ2n) is 7.63. The summed E-state index contributed by atoms with van der Waals surface area (Å²) in [4.78, 5) is 25.6. The number of aromatic nitrogens is 3. The van der Waals surface area contributed by atoms with Gasteiger partial charge in [-0.05, 0) is 37.3 Å². The molecule has 0 fully saturated rings. The van der Waals surface area contributed by atoms with Crippen LogP contribution in [0.2, 0.25) is 0 Å². The maximum Gasteiger partial charge on any atom is 0.416 e. The lowest BCUT2D eigenvalue weighted by Gasteiger charge is -2.17. The summed E-state index contributed by atoms with van der Waals surface area (Å²) in [5.41, 5.74) is -0.155. The van der Waals surface area contributed by atoms with Crippen LogP contribution in [0.1, 0.15) is 47.1 Å². The van der Waals surface area contributed by atoms with Gasteiger partial charge in [-0.2, -0.15) is 22.8 Å². The van der Waals surface area contributed by atoms with E-state index in [0.29, 0.717) is 40.7 Å². The van der Waals surface area contributed by atoms with Crippen molar-refractivity contribution in [3.8, 4) is 17.5 Å². The van der Waals surface area contributed by atoms with Gasteiger partial charge in [-0.15, -0.1) is 0 Å². The Morgan fingerprint density at radius 1 is 1.20 bits per heavy atom. The highest BCUT2D eigenvalue weighted by atomic mass is 32.2. The van der Waals surface area contributed by atoms with Crippen LogP contribution in [0.15, 0.2) is 53.3 Å². The van der Waals surface area contributed by atoms with Gasteiger partial charge in [-0.1, -0.05) is 6.92 Å². The third kappa shape index (κ3) is 6.39. The molecule has 0 saturated carbocycles. The molecule has 0 aliphatic rings. The molecule has 182 valence electrons. The Balaban J connectivity index is 1.90. The third-order valence-corrected chi connectivity index (χ3v) is 6.63. The number of nitrogens with one attached hydrogen (secondary N) is 1. The fourth-order valence-electron chi connectivity index (χ4n) is 3.07. The van der Waals surface area contributed by atoms with Crippen molar-refractivity contribution in [1.82, 2.24) is 20.3 Å². The highest BCUT2D eigenvalue weighted by Crippen LogP contribution is 2.31. The van der Waals surface area contributed by atoms with E-state index in [-0.39, 0.29) is 11.1 Å². The van der Waals surface area contributed by atoms with Crippen molar-refractivity contribution in [2.24, 2.45) is 4.36 Å². The van der Waals surface area contributed by atoms with Crippen molar-refractivity contribution in [3.63, 3.8) is 0 Å². The van der Waals surface area contributed by atoms with Crippen LogP contribution in [0.4, 0.5) is 18.9 Å². The van der Waals surface area contributed by atoms with E-state index in [4.69, 9.17) is 5.26 Å². The largest absolute Gasteiger partial charge is 0.416 e. The highest BCUT2D eigenvalue weighted by Gasteiger charge is 2.32. The van der Waals surface area contributed by atoms with Crippen LogP contribution < -0.4 is 5.32 Å². The number of hydrogen-bond donors (Lipinski definition) is 1. The van der Waals surface area contributed by atoms with Crippen molar-refractivity contribution in [2.75, 3.05) is 12.0 Å². The first-order valence-corrected chi connectivity index (χ1v) is 12.4.